The lowest BCUT2D eigenvalue weighted by atomic mass is 10.2. The number of imidazole rings is 1. The smallest absolute Gasteiger partial charge is 0.341 e. The number of hydrogen-bond donors (Lipinski definition) is 3. The maximum Gasteiger partial charge on any atom is 0.341 e. The number of hydrogen-bond acceptors (Lipinski definition) is 4. The number of aromatic carboxylic acids is 1. The molecule has 0 aromatic carbocycles. The van der Waals surface area contributed by atoms with E-state index in [1.807, 2.05) is 0 Å². The Morgan fingerprint density at radius 3 is 2.87 bits per heavy atom. The van der Waals surface area contributed by atoms with E-state index in [0.717, 1.165) is 6.20 Å². The summed E-state index contributed by atoms with van der Waals surface area (Å²) in [5.41, 5.74) is -1.08. The van der Waals surface area contributed by atoms with Crippen molar-refractivity contribution in [3.63, 3.8) is 0 Å². The van der Waals surface area contributed by atoms with Gasteiger partial charge in [-0.1, -0.05) is 0 Å². The highest BCUT2D eigenvalue weighted by Crippen LogP contribution is 2.04. The Hall–Kier alpha value is -2.44. The molecule has 0 unspecified atom stereocenters. The van der Waals surface area contributed by atoms with Crippen LogP contribution >= 0.6 is 0 Å². The van der Waals surface area contributed by atoms with E-state index < -0.39 is 11.4 Å². The molecule has 2 aromatic heterocycles. The van der Waals surface area contributed by atoms with Gasteiger partial charge in [0, 0.05) is 18.6 Å². The molecule has 0 aliphatic carbocycles. The molecule has 76 valence electrons. The second kappa shape index (κ2) is 3.37. The van der Waals surface area contributed by atoms with Crippen molar-refractivity contribution in [2.24, 2.45) is 0 Å². The molecule has 0 amide bonds. The number of carboxylic acid groups (broad SMARTS) is 1. The molecular formula is C8H6N4O3. The fourth-order valence-electron chi connectivity index (χ4n) is 1.12. The topological polar surface area (TPSA) is 112 Å². The lowest BCUT2D eigenvalue weighted by Crippen LogP contribution is -2.19. The van der Waals surface area contributed by atoms with Crippen molar-refractivity contribution in [3.8, 4) is 11.5 Å². The molecule has 0 spiro atoms. The largest absolute Gasteiger partial charge is 0.477 e. The Bertz CT molecular complexity index is 543. The van der Waals surface area contributed by atoms with Crippen LogP contribution < -0.4 is 5.43 Å². The molecule has 0 aliphatic heterocycles. The number of carbonyl (C=O) groups is 1. The third-order valence-corrected chi connectivity index (χ3v) is 1.80. The fourth-order valence-corrected chi connectivity index (χ4v) is 1.12. The van der Waals surface area contributed by atoms with Crippen LogP contribution in [0.3, 0.4) is 0 Å². The van der Waals surface area contributed by atoms with Crippen LogP contribution in [0.15, 0.2) is 23.4 Å². The SMILES string of the molecule is O=C(O)c1c[nH]nc(-c2ncc[nH]2)c1=O. The van der Waals surface area contributed by atoms with Gasteiger partial charge in [-0.3, -0.25) is 9.89 Å². The van der Waals surface area contributed by atoms with Gasteiger partial charge >= 0.3 is 5.97 Å². The van der Waals surface area contributed by atoms with Gasteiger partial charge in [-0.15, -0.1) is 0 Å². The third kappa shape index (κ3) is 1.50. The molecule has 15 heavy (non-hydrogen) atoms. The van der Waals surface area contributed by atoms with Crippen molar-refractivity contribution in [2.75, 3.05) is 0 Å². The summed E-state index contributed by atoms with van der Waals surface area (Å²) in [5.74, 6) is -1.06. The summed E-state index contributed by atoms with van der Waals surface area (Å²) in [7, 11) is 0. The zero-order chi connectivity index (χ0) is 10.8. The Balaban J connectivity index is 2.65. The second-order valence-electron chi connectivity index (χ2n) is 2.72. The first-order valence-electron chi connectivity index (χ1n) is 4.01. The lowest BCUT2D eigenvalue weighted by molar-refractivity contribution is 0.0695. The van der Waals surface area contributed by atoms with E-state index in [1.165, 1.54) is 12.4 Å². The molecule has 7 heteroatoms. The highest BCUT2D eigenvalue weighted by atomic mass is 16.4. The highest BCUT2D eigenvalue weighted by molar-refractivity contribution is 5.87. The van der Waals surface area contributed by atoms with E-state index in [9.17, 15) is 9.59 Å². The van der Waals surface area contributed by atoms with Gasteiger partial charge in [0.05, 0.1) is 0 Å². The van der Waals surface area contributed by atoms with Crippen LogP contribution in [0.4, 0.5) is 0 Å². The van der Waals surface area contributed by atoms with Crippen LogP contribution in [0.1, 0.15) is 10.4 Å². The van der Waals surface area contributed by atoms with Gasteiger partial charge in [0.25, 0.3) is 0 Å². The van der Waals surface area contributed by atoms with Gasteiger partial charge in [0.2, 0.25) is 5.43 Å². The predicted octanol–water partition coefficient (Wildman–Crippen LogP) is -0.142. The molecule has 0 saturated carbocycles. The summed E-state index contributed by atoms with van der Waals surface area (Å²) >= 11 is 0. The molecule has 0 radical (unpaired) electrons. The quantitative estimate of drug-likeness (QED) is 0.633. The lowest BCUT2D eigenvalue weighted by Gasteiger charge is -1.96. The molecule has 3 N–H and O–H groups in total. The molecule has 0 aliphatic rings. The van der Waals surface area contributed by atoms with Gasteiger partial charge in [-0.2, -0.15) is 5.10 Å². The standard InChI is InChI=1S/C8H6N4O3/c13-6-4(8(14)15)3-11-12-5(6)7-9-1-2-10-7/h1-3H,(H,9,10)(H,11,13)(H,14,15). The summed E-state index contributed by atoms with van der Waals surface area (Å²) in [6, 6.07) is 0. The molecule has 2 heterocycles. The number of aromatic amines is 2. The van der Waals surface area contributed by atoms with Gasteiger partial charge in [0.1, 0.15) is 5.56 Å². The number of H-pyrrole nitrogens is 2. The van der Waals surface area contributed by atoms with Gasteiger partial charge in [-0.05, 0) is 0 Å². The minimum absolute atomic E-state index is 0.0418. The van der Waals surface area contributed by atoms with Crippen LogP contribution in [0.2, 0.25) is 0 Å². The van der Waals surface area contributed by atoms with E-state index in [4.69, 9.17) is 5.11 Å². The maximum absolute atomic E-state index is 11.6. The Labute approximate surface area is 82.8 Å². The summed E-state index contributed by atoms with van der Waals surface area (Å²) < 4.78 is 0. The predicted molar refractivity (Wildman–Crippen MR) is 49.4 cm³/mol. The molecule has 7 nitrogen and oxygen atoms in total. The Kier molecular flexibility index (Phi) is 2.05. The van der Waals surface area contributed by atoms with Gasteiger partial charge in [0.15, 0.2) is 11.5 Å². The number of aromatic nitrogens is 4. The summed E-state index contributed by atoms with van der Waals surface area (Å²) in [4.78, 5) is 28.7. The average Bonchev–Trinajstić information content (AvgIpc) is 2.70. The van der Waals surface area contributed by atoms with Crippen LogP contribution in [0.25, 0.3) is 11.5 Å². The van der Waals surface area contributed by atoms with E-state index >= 15 is 0 Å². The van der Waals surface area contributed by atoms with Crippen molar-refractivity contribution in [2.45, 2.75) is 0 Å². The van der Waals surface area contributed by atoms with Crippen LogP contribution in [0, 0.1) is 0 Å². The van der Waals surface area contributed by atoms with E-state index in [1.54, 1.807) is 0 Å². The van der Waals surface area contributed by atoms with E-state index in [0.29, 0.717) is 0 Å². The zero-order valence-corrected chi connectivity index (χ0v) is 7.39. The van der Waals surface area contributed by atoms with E-state index in [2.05, 4.69) is 20.2 Å². The number of nitrogens with one attached hydrogen (secondary N) is 2. The first-order valence-corrected chi connectivity index (χ1v) is 4.01. The van der Waals surface area contributed by atoms with Crippen LogP contribution in [-0.2, 0) is 0 Å². The molecule has 0 saturated heterocycles. The molecular weight excluding hydrogens is 200 g/mol. The summed E-state index contributed by atoms with van der Waals surface area (Å²) in [6.07, 6.45) is 4.00. The Morgan fingerprint density at radius 2 is 2.27 bits per heavy atom. The highest BCUT2D eigenvalue weighted by Gasteiger charge is 2.15. The van der Waals surface area contributed by atoms with Gasteiger partial charge in [-0.25, -0.2) is 9.78 Å². The minimum atomic E-state index is -1.30. The molecule has 0 atom stereocenters. The maximum atomic E-state index is 11.6. The number of rotatable bonds is 2. The average molecular weight is 206 g/mol. The number of nitrogens with zero attached hydrogens (tertiary/aromatic N) is 2. The van der Waals surface area contributed by atoms with Crippen molar-refractivity contribution >= 4 is 5.97 Å². The van der Waals surface area contributed by atoms with Crippen molar-refractivity contribution in [1.82, 2.24) is 20.2 Å². The summed E-state index contributed by atoms with van der Waals surface area (Å²) in [6.45, 7) is 0. The van der Waals surface area contributed by atoms with Crippen molar-refractivity contribution < 1.29 is 9.90 Å². The normalized spacial score (nSPS) is 10.1. The molecule has 2 rings (SSSR count). The molecule has 2 aromatic rings. The third-order valence-electron chi connectivity index (χ3n) is 1.80. The Morgan fingerprint density at radius 1 is 1.47 bits per heavy atom. The fraction of sp³-hybridized carbons (Fsp3) is 0. The van der Waals surface area contributed by atoms with Crippen molar-refractivity contribution in [3.05, 3.63) is 34.4 Å². The number of carboxylic acids is 1. The first kappa shape index (κ1) is 9.13. The monoisotopic (exact) mass is 206 g/mol. The van der Waals surface area contributed by atoms with Gasteiger partial charge < -0.3 is 10.1 Å². The zero-order valence-electron chi connectivity index (χ0n) is 7.39. The second-order valence-corrected chi connectivity index (χ2v) is 2.72. The van der Waals surface area contributed by atoms with Crippen LogP contribution in [0.5, 0.6) is 0 Å². The van der Waals surface area contributed by atoms with E-state index in [-0.39, 0.29) is 17.1 Å². The first-order chi connectivity index (χ1) is 7.20. The van der Waals surface area contributed by atoms with Crippen molar-refractivity contribution in [1.29, 1.82) is 0 Å². The van der Waals surface area contributed by atoms with Crippen LogP contribution in [-0.4, -0.2) is 31.2 Å². The summed E-state index contributed by atoms with van der Waals surface area (Å²) in [5, 5.41) is 14.7. The minimum Gasteiger partial charge on any atom is -0.477 e. The molecule has 0 fully saturated rings. The molecule has 0 bridgehead atoms.